The lowest BCUT2D eigenvalue weighted by atomic mass is 10.2. The number of nitrogens with one attached hydrogen (secondary N) is 1. The third kappa shape index (κ3) is 2.78. The number of hydrogen-bond acceptors (Lipinski definition) is 7. The van der Waals surface area contributed by atoms with E-state index in [-0.39, 0.29) is 35.0 Å². The highest BCUT2D eigenvalue weighted by Gasteiger charge is 2.40. The van der Waals surface area contributed by atoms with Crippen LogP contribution in [-0.2, 0) is 9.59 Å². The molecular weight excluding hydrogens is 340 g/mol. The molecule has 25 heavy (non-hydrogen) atoms. The number of aromatic amines is 1. The van der Waals surface area contributed by atoms with E-state index in [1.807, 2.05) is 18.3 Å². The summed E-state index contributed by atoms with van der Waals surface area (Å²) in [6.07, 6.45) is 1.88. The van der Waals surface area contributed by atoms with E-state index in [9.17, 15) is 9.59 Å². The molecule has 1 aromatic carbocycles. The van der Waals surface area contributed by atoms with Gasteiger partial charge in [0.2, 0.25) is 11.8 Å². The van der Waals surface area contributed by atoms with Gasteiger partial charge in [0.1, 0.15) is 16.9 Å². The highest BCUT2D eigenvalue weighted by Crippen LogP contribution is 2.33. The lowest BCUT2D eigenvalue weighted by Gasteiger charge is -2.15. The smallest absolute Gasteiger partial charge is 0.247 e. The number of nitrogens with zero attached hydrogens (tertiary/aromatic N) is 3. The third-order valence-corrected chi connectivity index (χ3v) is 4.94. The molecule has 9 heteroatoms. The van der Waals surface area contributed by atoms with Crippen LogP contribution < -0.4 is 16.4 Å². The van der Waals surface area contributed by atoms with Crippen LogP contribution in [0.5, 0.6) is 0 Å². The second kappa shape index (κ2) is 5.78. The van der Waals surface area contributed by atoms with Gasteiger partial charge in [-0.25, -0.2) is 14.9 Å². The van der Waals surface area contributed by atoms with Crippen LogP contribution in [0.15, 0.2) is 41.7 Å². The summed E-state index contributed by atoms with van der Waals surface area (Å²) < 4.78 is 0. The molecule has 1 saturated heterocycles. The van der Waals surface area contributed by atoms with Gasteiger partial charge in [-0.05, 0) is 23.6 Å². The van der Waals surface area contributed by atoms with Gasteiger partial charge in [-0.1, -0.05) is 17.8 Å². The van der Waals surface area contributed by atoms with Crippen molar-refractivity contribution < 1.29 is 9.59 Å². The van der Waals surface area contributed by atoms with Crippen molar-refractivity contribution in [2.45, 2.75) is 16.8 Å². The molecule has 3 heterocycles. The van der Waals surface area contributed by atoms with Gasteiger partial charge in [0.15, 0.2) is 5.16 Å². The summed E-state index contributed by atoms with van der Waals surface area (Å²) in [6, 6.07) is 8.77. The molecule has 1 unspecified atom stereocenters. The number of benzene rings is 1. The maximum Gasteiger partial charge on any atom is 0.247 e. The monoisotopic (exact) mass is 354 g/mol. The average Bonchev–Trinajstić information content (AvgIpc) is 3.10. The Hall–Kier alpha value is -3.07. The van der Waals surface area contributed by atoms with Crippen molar-refractivity contribution in [2.75, 3.05) is 16.4 Å². The van der Waals surface area contributed by atoms with E-state index in [1.165, 1.54) is 11.0 Å². The van der Waals surface area contributed by atoms with Crippen molar-refractivity contribution in [1.82, 2.24) is 15.0 Å². The molecule has 0 radical (unpaired) electrons. The average molecular weight is 354 g/mol. The minimum Gasteiger partial charge on any atom is -0.383 e. The summed E-state index contributed by atoms with van der Waals surface area (Å²) in [4.78, 5) is 37.5. The molecular formula is C16H14N6O2S. The first-order chi connectivity index (χ1) is 12.0. The zero-order valence-electron chi connectivity index (χ0n) is 13.0. The Kier molecular flexibility index (Phi) is 3.57. The zero-order valence-corrected chi connectivity index (χ0v) is 13.8. The summed E-state index contributed by atoms with van der Waals surface area (Å²) in [5.74, 6) is -0.113. The summed E-state index contributed by atoms with van der Waals surface area (Å²) in [5, 5.41) is 0.691. The van der Waals surface area contributed by atoms with Crippen LogP contribution in [0.3, 0.4) is 0 Å². The van der Waals surface area contributed by atoms with E-state index in [2.05, 4.69) is 15.0 Å². The predicted octanol–water partition coefficient (Wildman–Crippen LogP) is 1.55. The highest BCUT2D eigenvalue weighted by molar-refractivity contribution is 8.00. The van der Waals surface area contributed by atoms with Crippen LogP contribution in [0.25, 0.3) is 10.9 Å². The number of fused-ring (bicyclic) bond motifs is 1. The maximum atomic E-state index is 12.7. The molecule has 0 saturated carbocycles. The second-order valence-electron chi connectivity index (χ2n) is 5.63. The Balaban J connectivity index is 1.61. The third-order valence-electron chi connectivity index (χ3n) is 3.89. The highest BCUT2D eigenvalue weighted by atomic mass is 32.2. The summed E-state index contributed by atoms with van der Waals surface area (Å²) in [7, 11) is 0. The minimum atomic E-state index is -0.604. The molecule has 0 aliphatic carbocycles. The normalized spacial score (nSPS) is 17.6. The molecule has 1 aliphatic heterocycles. The summed E-state index contributed by atoms with van der Waals surface area (Å²) >= 11 is 1.09. The fraction of sp³-hybridized carbons (Fsp3) is 0.125. The molecule has 1 atom stereocenters. The number of hydrogen-bond donors (Lipinski definition) is 3. The van der Waals surface area contributed by atoms with E-state index < -0.39 is 5.25 Å². The van der Waals surface area contributed by atoms with Crippen LogP contribution >= 0.6 is 11.8 Å². The molecule has 1 aliphatic rings. The Morgan fingerprint density at radius 1 is 1.12 bits per heavy atom. The number of H-pyrrole nitrogens is 1. The summed E-state index contributed by atoms with van der Waals surface area (Å²) in [5.41, 5.74) is 12.7. The van der Waals surface area contributed by atoms with Gasteiger partial charge in [-0.15, -0.1) is 0 Å². The predicted molar refractivity (Wildman–Crippen MR) is 95.9 cm³/mol. The van der Waals surface area contributed by atoms with Crippen molar-refractivity contribution in [3.63, 3.8) is 0 Å². The molecule has 0 spiro atoms. The largest absolute Gasteiger partial charge is 0.383 e. The number of imide groups is 1. The number of carbonyl (C=O) groups is 2. The number of anilines is 3. The van der Waals surface area contributed by atoms with Crippen LogP contribution in [0.2, 0.25) is 0 Å². The van der Waals surface area contributed by atoms with Crippen LogP contribution in [-0.4, -0.2) is 32.0 Å². The Morgan fingerprint density at radius 2 is 1.88 bits per heavy atom. The molecule has 8 nitrogen and oxygen atoms in total. The maximum absolute atomic E-state index is 12.7. The van der Waals surface area contributed by atoms with Crippen molar-refractivity contribution in [1.29, 1.82) is 0 Å². The quantitative estimate of drug-likeness (QED) is 0.480. The topological polar surface area (TPSA) is 131 Å². The zero-order chi connectivity index (χ0) is 17.6. The molecule has 2 amide bonds. The van der Waals surface area contributed by atoms with Gasteiger partial charge in [-0.3, -0.25) is 9.59 Å². The number of rotatable bonds is 3. The first kappa shape index (κ1) is 15.5. The molecule has 2 aromatic heterocycles. The number of carbonyl (C=O) groups excluding carboxylic acids is 2. The van der Waals surface area contributed by atoms with E-state index in [0.29, 0.717) is 5.69 Å². The van der Waals surface area contributed by atoms with Crippen molar-refractivity contribution >= 4 is 51.8 Å². The van der Waals surface area contributed by atoms with Gasteiger partial charge in [0, 0.05) is 24.2 Å². The van der Waals surface area contributed by atoms with E-state index >= 15 is 0 Å². The Bertz CT molecular complexity index is 981. The summed E-state index contributed by atoms with van der Waals surface area (Å²) in [6.45, 7) is 0. The van der Waals surface area contributed by atoms with Gasteiger partial charge >= 0.3 is 0 Å². The molecule has 1 fully saturated rings. The first-order valence-electron chi connectivity index (χ1n) is 7.52. The lowest BCUT2D eigenvalue weighted by Crippen LogP contribution is -2.31. The standard InChI is InChI=1S/C16H14N6O2S/c17-12-7-13(18)21-16(20-12)25-11-6-14(23)22(15(11)24)9-2-1-8-3-4-19-10(8)5-9/h1-5,7,11,19H,6H2,(H4,17,18,20,21). The van der Waals surface area contributed by atoms with Gasteiger partial charge < -0.3 is 16.5 Å². The fourth-order valence-corrected chi connectivity index (χ4v) is 3.79. The molecule has 126 valence electrons. The van der Waals surface area contributed by atoms with E-state index in [0.717, 1.165) is 22.7 Å². The molecule has 0 bridgehead atoms. The number of nitrogen functional groups attached to an aromatic ring is 2. The molecule has 4 rings (SSSR count). The van der Waals surface area contributed by atoms with Gasteiger partial charge in [0.25, 0.3) is 0 Å². The lowest BCUT2D eigenvalue weighted by molar-refractivity contribution is -0.121. The van der Waals surface area contributed by atoms with Crippen molar-refractivity contribution in [2.24, 2.45) is 0 Å². The van der Waals surface area contributed by atoms with Gasteiger partial charge in [-0.2, -0.15) is 0 Å². The molecule has 3 aromatic rings. The number of thioether (sulfide) groups is 1. The van der Waals surface area contributed by atoms with Crippen LogP contribution in [0, 0.1) is 0 Å². The van der Waals surface area contributed by atoms with Crippen LogP contribution in [0.1, 0.15) is 6.42 Å². The number of amides is 2. The second-order valence-corrected chi connectivity index (χ2v) is 6.80. The van der Waals surface area contributed by atoms with E-state index in [1.54, 1.807) is 12.1 Å². The van der Waals surface area contributed by atoms with Crippen molar-refractivity contribution in [3.8, 4) is 0 Å². The SMILES string of the molecule is Nc1cc(N)nc(SC2CC(=O)N(c3ccc4cc[nH]c4c3)C2=O)n1. The van der Waals surface area contributed by atoms with Gasteiger partial charge in [0.05, 0.1) is 5.69 Å². The first-order valence-corrected chi connectivity index (χ1v) is 8.40. The van der Waals surface area contributed by atoms with E-state index in [4.69, 9.17) is 11.5 Å². The minimum absolute atomic E-state index is 0.0737. The Morgan fingerprint density at radius 3 is 2.64 bits per heavy atom. The number of nitrogens with two attached hydrogens (primary N) is 2. The fourth-order valence-electron chi connectivity index (χ4n) is 2.78. The molecule has 5 N–H and O–H groups in total. The Labute approximate surface area is 146 Å². The van der Waals surface area contributed by atoms with Crippen LogP contribution in [0.4, 0.5) is 17.3 Å². The van der Waals surface area contributed by atoms with Crippen molar-refractivity contribution in [3.05, 3.63) is 36.5 Å². The number of aromatic nitrogens is 3.